The lowest BCUT2D eigenvalue weighted by molar-refractivity contribution is -0.121. The Labute approximate surface area is 197 Å². The highest BCUT2D eigenvalue weighted by Crippen LogP contribution is 2.39. The molecule has 1 aromatic heterocycles. The van der Waals surface area contributed by atoms with E-state index in [1.54, 1.807) is 27.3 Å². The number of aromatic nitrogens is 2. The van der Waals surface area contributed by atoms with Crippen molar-refractivity contribution in [3.05, 3.63) is 30.0 Å². The van der Waals surface area contributed by atoms with Gasteiger partial charge in [-0.3, -0.25) is 14.3 Å². The van der Waals surface area contributed by atoms with E-state index in [2.05, 4.69) is 43.4 Å². The first kappa shape index (κ1) is 26.2. The van der Waals surface area contributed by atoms with Crippen LogP contribution in [-0.2, 0) is 11.3 Å². The minimum absolute atomic E-state index is 0.109. The molecule has 0 spiro atoms. The Bertz CT molecular complexity index is 916. The number of benzene rings is 1. The number of nitrogens with one attached hydrogen (secondary N) is 2. The number of carbonyl (C=O) groups is 2. The van der Waals surface area contributed by atoms with Crippen molar-refractivity contribution in [2.45, 2.75) is 59.5 Å². The van der Waals surface area contributed by atoms with Crippen LogP contribution >= 0.6 is 0 Å². The van der Waals surface area contributed by atoms with Gasteiger partial charge in [0, 0.05) is 26.1 Å². The first-order valence-electron chi connectivity index (χ1n) is 11.5. The fraction of sp³-hybridized carbons (Fsp3) is 0.560. The van der Waals surface area contributed by atoms with Crippen molar-refractivity contribution in [1.29, 1.82) is 0 Å². The number of methoxy groups -OCH3 is 2. The van der Waals surface area contributed by atoms with Gasteiger partial charge in [-0.25, -0.2) is 0 Å². The zero-order chi connectivity index (χ0) is 24.5. The number of nitrogens with zero attached hydrogens (tertiary/aromatic N) is 2. The maximum absolute atomic E-state index is 13.2. The second-order valence-corrected chi connectivity index (χ2v) is 8.83. The van der Waals surface area contributed by atoms with Gasteiger partial charge >= 0.3 is 0 Å². The molecule has 2 amide bonds. The topological polar surface area (TPSA) is 94.5 Å². The summed E-state index contributed by atoms with van der Waals surface area (Å²) in [5.74, 6) is 1.57. The molecule has 8 nitrogen and oxygen atoms in total. The summed E-state index contributed by atoms with van der Waals surface area (Å²) in [5, 5.41) is 10.3. The standard InChI is InChI=1S/C25H38N4O4/c1-8-17(4)15-29-20(24-21(32-6)10-9-11-22(24)33-7)14-19(28-29)25(31)27-18(12-16(2)3)13-23(30)26-5/h9-11,14,16-18H,8,12-13,15H2,1-7H3,(H,26,30)(H,27,31)/t17?,18-/m0/s1. The van der Waals surface area contributed by atoms with Gasteiger partial charge in [0.2, 0.25) is 5.91 Å². The zero-order valence-corrected chi connectivity index (χ0v) is 20.9. The molecule has 2 aromatic rings. The molecule has 0 aliphatic rings. The van der Waals surface area contributed by atoms with Crippen molar-refractivity contribution in [2.75, 3.05) is 21.3 Å². The maximum Gasteiger partial charge on any atom is 0.272 e. The van der Waals surface area contributed by atoms with Gasteiger partial charge in [-0.05, 0) is 36.5 Å². The number of carbonyl (C=O) groups excluding carboxylic acids is 2. The number of amides is 2. The summed E-state index contributed by atoms with van der Waals surface area (Å²) in [5.41, 5.74) is 1.80. The van der Waals surface area contributed by atoms with E-state index in [0.717, 1.165) is 17.7 Å². The van der Waals surface area contributed by atoms with Crippen molar-refractivity contribution >= 4 is 11.8 Å². The van der Waals surface area contributed by atoms with E-state index in [1.165, 1.54) is 0 Å². The molecule has 0 fully saturated rings. The average molecular weight is 459 g/mol. The fourth-order valence-corrected chi connectivity index (χ4v) is 3.74. The molecular weight excluding hydrogens is 420 g/mol. The van der Waals surface area contributed by atoms with Crippen molar-refractivity contribution < 1.29 is 19.1 Å². The zero-order valence-electron chi connectivity index (χ0n) is 20.9. The van der Waals surface area contributed by atoms with Crippen LogP contribution < -0.4 is 20.1 Å². The predicted octanol–water partition coefficient (Wildman–Crippen LogP) is 3.89. The molecular formula is C25H38N4O4. The third-order valence-electron chi connectivity index (χ3n) is 5.68. The van der Waals surface area contributed by atoms with E-state index in [9.17, 15) is 9.59 Å². The van der Waals surface area contributed by atoms with Crippen LogP contribution in [0.5, 0.6) is 11.5 Å². The van der Waals surface area contributed by atoms with Gasteiger partial charge in [0.05, 0.1) is 25.5 Å². The smallest absolute Gasteiger partial charge is 0.272 e. The Kier molecular flexibility index (Phi) is 9.75. The lowest BCUT2D eigenvalue weighted by atomic mass is 10.0. The molecule has 1 heterocycles. The molecule has 33 heavy (non-hydrogen) atoms. The molecule has 8 heteroatoms. The van der Waals surface area contributed by atoms with Gasteiger partial charge in [0.25, 0.3) is 5.91 Å². The Hall–Kier alpha value is -3.03. The first-order valence-corrected chi connectivity index (χ1v) is 11.5. The molecule has 0 radical (unpaired) electrons. The Balaban J connectivity index is 2.47. The Morgan fingerprint density at radius 2 is 1.76 bits per heavy atom. The molecule has 2 N–H and O–H groups in total. The van der Waals surface area contributed by atoms with E-state index >= 15 is 0 Å². The summed E-state index contributed by atoms with van der Waals surface area (Å²) in [4.78, 5) is 25.1. The summed E-state index contributed by atoms with van der Waals surface area (Å²) in [6.07, 6.45) is 1.90. The molecule has 2 atom stereocenters. The van der Waals surface area contributed by atoms with Crippen molar-refractivity contribution in [3.63, 3.8) is 0 Å². The number of ether oxygens (including phenoxy) is 2. The summed E-state index contributed by atoms with van der Waals surface area (Å²) >= 11 is 0. The minimum Gasteiger partial charge on any atom is -0.496 e. The highest BCUT2D eigenvalue weighted by molar-refractivity contribution is 5.94. The molecule has 0 bridgehead atoms. The normalized spacial score (nSPS) is 12.8. The second kappa shape index (κ2) is 12.3. The minimum atomic E-state index is -0.303. The van der Waals surface area contributed by atoms with Crippen molar-refractivity contribution in [3.8, 4) is 22.8 Å². The van der Waals surface area contributed by atoms with Crippen LogP contribution in [0.2, 0.25) is 0 Å². The largest absolute Gasteiger partial charge is 0.496 e. The van der Waals surface area contributed by atoms with E-state index in [1.807, 2.05) is 22.9 Å². The van der Waals surface area contributed by atoms with E-state index in [0.29, 0.717) is 42.0 Å². The van der Waals surface area contributed by atoms with Crippen molar-refractivity contribution in [2.24, 2.45) is 11.8 Å². The van der Waals surface area contributed by atoms with Crippen LogP contribution in [0.1, 0.15) is 57.4 Å². The van der Waals surface area contributed by atoms with Crippen LogP contribution in [0.25, 0.3) is 11.3 Å². The van der Waals surface area contributed by atoms with E-state index in [4.69, 9.17) is 9.47 Å². The molecule has 0 saturated carbocycles. The molecule has 0 aliphatic carbocycles. The summed E-state index contributed by atoms with van der Waals surface area (Å²) in [7, 11) is 4.81. The predicted molar refractivity (Wildman–Crippen MR) is 130 cm³/mol. The summed E-state index contributed by atoms with van der Waals surface area (Å²) in [6.45, 7) is 9.05. The highest BCUT2D eigenvalue weighted by Gasteiger charge is 2.24. The lowest BCUT2D eigenvalue weighted by Crippen LogP contribution is -2.39. The Morgan fingerprint density at radius 3 is 2.27 bits per heavy atom. The maximum atomic E-state index is 13.2. The first-order chi connectivity index (χ1) is 15.7. The SMILES string of the molecule is CCC(C)Cn1nc(C(=O)N[C@H](CC(=O)NC)CC(C)C)cc1-c1c(OC)cccc1OC. The van der Waals surface area contributed by atoms with Gasteiger partial charge in [-0.15, -0.1) is 0 Å². The number of hydrogen-bond donors (Lipinski definition) is 2. The van der Waals surface area contributed by atoms with Crippen LogP contribution in [0.15, 0.2) is 24.3 Å². The third-order valence-corrected chi connectivity index (χ3v) is 5.68. The molecule has 1 aromatic carbocycles. The van der Waals surface area contributed by atoms with Gasteiger partial charge in [-0.2, -0.15) is 5.10 Å². The van der Waals surface area contributed by atoms with E-state index in [-0.39, 0.29) is 24.3 Å². The molecule has 2 rings (SSSR count). The van der Waals surface area contributed by atoms with Gasteiger partial charge < -0.3 is 20.1 Å². The summed E-state index contributed by atoms with van der Waals surface area (Å²) < 4.78 is 13.0. The van der Waals surface area contributed by atoms with Crippen LogP contribution in [0.4, 0.5) is 0 Å². The van der Waals surface area contributed by atoms with Gasteiger partial charge in [-0.1, -0.05) is 40.2 Å². The van der Waals surface area contributed by atoms with E-state index < -0.39 is 0 Å². The average Bonchev–Trinajstić information content (AvgIpc) is 3.20. The quantitative estimate of drug-likeness (QED) is 0.503. The molecule has 0 aliphatic heterocycles. The monoisotopic (exact) mass is 458 g/mol. The molecule has 182 valence electrons. The van der Waals surface area contributed by atoms with Crippen LogP contribution in [0, 0.1) is 11.8 Å². The van der Waals surface area contributed by atoms with Crippen molar-refractivity contribution in [1.82, 2.24) is 20.4 Å². The highest BCUT2D eigenvalue weighted by atomic mass is 16.5. The third kappa shape index (κ3) is 6.97. The molecule has 1 unspecified atom stereocenters. The fourth-order valence-electron chi connectivity index (χ4n) is 3.74. The van der Waals surface area contributed by atoms with Crippen LogP contribution in [0.3, 0.4) is 0 Å². The number of rotatable bonds is 12. The van der Waals surface area contributed by atoms with Gasteiger partial charge in [0.15, 0.2) is 5.69 Å². The molecule has 0 saturated heterocycles. The number of hydrogen-bond acceptors (Lipinski definition) is 5. The van der Waals surface area contributed by atoms with Crippen LogP contribution in [-0.4, -0.2) is 48.9 Å². The summed E-state index contributed by atoms with van der Waals surface area (Å²) in [6, 6.07) is 7.08. The lowest BCUT2D eigenvalue weighted by Gasteiger charge is -2.19. The second-order valence-electron chi connectivity index (χ2n) is 8.83. The van der Waals surface area contributed by atoms with Gasteiger partial charge in [0.1, 0.15) is 11.5 Å². The Morgan fingerprint density at radius 1 is 1.12 bits per heavy atom.